The summed E-state index contributed by atoms with van der Waals surface area (Å²) in [7, 11) is 0. The summed E-state index contributed by atoms with van der Waals surface area (Å²) in [5, 5.41) is 28.2. The summed E-state index contributed by atoms with van der Waals surface area (Å²) in [6.07, 6.45) is 1.26. The number of aromatic carboxylic acids is 1. The number of aromatic hydroxyl groups is 2. The summed E-state index contributed by atoms with van der Waals surface area (Å²) >= 11 is 0. The van der Waals surface area contributed by atoms with Crippen LogP contribution in [0.1, 0.15) is 10.5 Å². The number of fused-ring (bicyclic) bond motifs is 1. The lowest BCUT2D eigenvalue weighted by atomic mass is 10.1. The highest BCUT2D eigenvalue weighted by atomic mass is 16.4. The number of benzene rings is 1. The third kappa shape index (κ3) is 1.54. The summed E-state index contributed by atoms with van der Waals surface area (Å²) in [5.74, 6) is -1.41. The van der Waals surface area contributed by atoms with Gasteiger partial charge >= 0.3 is 5.97 Å². The van der Waals surface area contributed by atoms with Crippen molar-refractivity contribution in [2.24, 2.45) is 0 Å². The molecule has 1 aromatic carbocycles. The van der Waals surface area contributed by atoms with Crippen LogP contribution >= 0.6 is 0 Å². The highest BCUT2D eigenvalue weighted by Gasteiger charge is 2.08. The number of carboxylic acid groups (broad SMARTS) is 1. The fourth-order valence-corrected chi connectivity index (χ4v) is 1.34. The molecule has 2 aromatic rings. The molecule has 0 saturated heterocycles. The molecule has 0 aliphatic rings. The Kier molecular flexibility index (Phi) is 1.93. The van der Waals surface area contributed by atoms with Gasteiger partial charge in [0.25, 0.3) is 0 Å². The maximum Gasteiger partial charge on any atom is 0.354 e. The third-order valence-electron chi connectivity index (χ3n) is 2.02. The van der Waals surface area contributed by atoms with Crippen molar-refractivity contribution in [1.29, 1.82) is 0 Å². The number of carbonyl (C=O) groups is 1. The first-order valence-electron chi connectivity index (χ1n) is 4.13. The van der Waals surface area contributed by atoms with E-state index in [1.54, 1.807) is 0 Å². The Morgan fingerprint density at radius 3 is 2.60 bits per heavy atom. The van der Waals surface area contributed by atoms with Crippen molar-refractivity contribution in [3.8, 4) is 11.5 Å². The zero-order chi connectivity index (χ0) is 11.0. The summed E-state index contributed by atoms with van der Waals surface area (Å²) in [5.41, 5.74) is -0.132. The predicted octanol–water partition coefficient (Wildman–Crippen LogP) is 1.34. The van der Waals surface area contributed by atoms with Crippen LogP contribution in [0.2, 0.25) is 0 Å². The quantitative estimate of drug-likeness (QED) is 0.653. The number of carboxylic acids is 1. The number of phenols is 2. The monoisotopic (exact) mass is 205 g/mol. The molecule has 15 heavy (non-hydrogen) atoms. The molecule has 1 heterocycles. The molecule has 2 rings (SSSR count). The van der Waals surface area contributed by atoms with Gasteiger partial charge in [-0.15, -0.1) is 0 Å². The number of rotatable bonds is 1. The second-order valence-corrected chi connectivity index (χ2v) is 3.06. The first-order valence-corrected chi connectivity index (χ1v) is 4.13. The van der Waals surface area contributed by atoms with Gasteiger partial charge in [-0.3, -0.25) is 0 Å². The molecule has 0 unspecified atom stereocenters. The number of hydrogen-bond donors (Lipinski definition) is 3. The number of nitrogens with zero attached hydrogens (tertiary/aromatic N) is 1. The Balaban J connectivity index is 2.76. The number of hydrogen-bond acceptors (Lipinski definition) is 4. The first-order chi connectivity index (χ1) is 7.08. The lowest BCUT2D eigenvalue weighted by Crippen LogP contribution is -1.99. The highest BCUT2D eigenvalue weighted by molar-refractivity contribution is 5.94. The lowest BCUT2D eigenvalue weighted by Gasteiger charge is -2.02. The van der Waals surface area contributed by atoms with Crippen LogP contribution in [0, 0.1) is 0 Å². The van der Waals surface area contributed by atoms with Gasteiger partial charge < -0.3 is 15.3 Å². The molecular formula is C10H7NO4. The molecule has 0 fully saturated rings. The van der Waals surface area contributed by atoms with Crippen LogP contribution in [0.4, 0.5) is 0 Å². The molecule has 0 saturated carbocycles. The van der Waals surface area contributed by atoms with Gasteiger partial charge in [-0.2, -0.15) is 0 Å². The van der Waals surface area contributed by atoms with Gasteiger partial charge in [-0.1, -0.05) is 0 Å². The zero-order valence-corrected chi connectivity index (χ0v) is 7.51. The van der Waals surface area contributed by atoms with Crippen molar-refractivity contribution in [3.63, 3.8) is 0 Å². The van der Waals surface area contributed by atoms with E-state index in [0.29, 0.717) is 10.8 Å². The minimum absolute atomic E-state index is 0.123. The molecule has 76 valence electrons. The summed E-state index contributed by atoms with van der Waals surface area (Å²) in [4.78, 5) is 14.3. The Hall–Kier alpha value is -2.30. The van der Waals surface area contributed by atoms with Crippen LogP contribution in [-0.2, 0) is 0 Å². The van der Waals surface area contributed by atoms with E-state index in [-0.39, 0.29) is 17.2 Å². The third-order valence-corrected chi connectivity index (χ3v) is 2.02. The molecule has 0 aliphatic heterocycles. The smallest absolute Gasteiger partial charge is 0.354 e. The molecule has 0 spiro atoms. The van der Waals surface area contributed by atoms with Crippen LogP contribution in [0.3, 0.4) is 0 Å². The van der Waals surface area contributed by atoms with E-state index in [1.807, 2.05) is 0 Å². The van der Waals surface area contributed by atoms with Gasteiger partial charge in [0, 0.05) is 17.6 Å². The van der Waals surface area contributed by atoms with Crippen LogP contribution in [0.15, 0.2) is 24.4 Å². The molecule has 0 amide bonds. The fourth-order valence-electron chi connectivity index (χ4n) is 1.34. The Bertz CT molecular complexity index is 550. The van der Waals surface area contributed by atoms with Gasteiger partial charge in [0.15, 0.2) is 0 Å². The Morgan fingerprint density at radius 1 is 1.20 bits per heavy atom. The standard InChI is InChI=1S/C10H7NO4/c12-6-1-5-2-8(10(14)15)11-4-7(5)9(13)3-6/h1-4,12-13H,(H,14,15). The molecule has 0 aliphatic carbocycles. The molecule has 5 nitrogen and oxygen atoms in total. The van der Waals surface area contributed by atoms with E-state index in [2.05, 4.69) is 4.98 Å². The van der Waals surface area contributed by atoms with E-state index in [0.717, 1.165) is 0 Å². The first kappa shape index (κ1) is 9.26. The molecular weight excluding hydrogens is 198 g/mol. The van der Waals surface area contributed by atoms with E-state index in [4.69, 9.17) is 5.11 Å². The van der Waals surface area contributed by atoms with Gasteiger partial charge in [0.1, 0.15) is 17.2 Å². The zero-order valence-electron chi connectivity index (χ0n) is 7.51. The van der Waals surface area contributed by atoms with Gasteiger partial charge in [-0.05, 0) is 17.5 Å². The molecule has 5 heteroatoms. The maximum atomic E-state index is 10.6. The van der Waals surface area contributed by atoms with Crippen molar-refractivity contribution in [1.82, 2.24) is 4.98 Å². The SMILES string of the molecule is O=C(O)c1cc2cc(O)cc(O)c2cn1. The number of aromatic nitrogens is 1. The molecule has 3 N–H and O–H groups in total. The van der Waals surface area contributed by atoms with Crippen molar-refractivity contribution < 1.29 is 20.1 Å². The largest absolute Gasteiger partial charge is 0.508 e. The Labute approximate surface area is 84.2 Å². The summed E-state index contributed by atoms with van der Waals surface area (Å²) in [6, 6.07) is 3.82. The summed E-state index contributed by atoms with van der Waals surface area (Å²) < 4.78 is 0. The number of phenolic OH excluding ortho intramolecular Hbond substituents is 2. The van der Waals surface area contributed by atoms with E-state index in [9.17, 15) is 15.0 Å². The van der Waals surface area contributed by atoms with E-state index < -0.39 is 5.97 Å². The Morgan fingerprint density at radius 2 is 1.93 bits per heavy atom. The van der Waals surface area contributed by atoms with Crippen LogP contribution in [0.25, 0.3) is 10.8 Å². The van der Waals surface area contributed by atoms with Crippen molar-refractivity contribution in [2.45, 2.75) is 0 Å². The predicted molar refractivity (Wildman–Crippen MR) is 52.0 cm³/mol. The summed E-state index contributed by atoms with van der Waals surface area (Å²) in [6.45, 7) is 0. The van der Waals surface area contributed by atoms with Gasteiger partial charge in [-0.25, -0.2) is 9.78 Å². The van der Waals surface area contributed by atoms with Crippen LogP contribution in [0.5, 0.6) is 11.5 Å². The van der Waals surface area contributed by atoms with Crippen LogP contribution < -0.4 is 0 Å². The molecule has 1 aromatic heterocycles. The van der Waals surface area contributed by atoms with Crippen molar-refractivity contribution in [2.75, 3.05) is 0 Å². The van der Waals surface area contributed by atoms with E-state index in [1.165, 1.54) is 24.4 Å². The van der Waals surface area contributed by atoms with Gasteiger partial charge in [0.2, 0.25) is 0 Å². The van der Waals surface area contributed by atoms with Gasteiger partial charge in [0.05, 0.1) is 0 Å². The molecule has 0 bridgehead atoms. The maximum absolute atomic E-state index is 10.6. The topological polar surface area (TPSA) is 90.7 Å². The average Bonchev–Trinajstić information content (AvgIpc) is 2.16. The average molecular weight is 205 g/mol. The second-order valence-electron chi connectivity index (χ2n) is 3.06. The second kappa shape index (κ2) is 3.13. The molecule has 0 atom stereocenters. The van der Waals surface area contributed by atoms with E-state index >= 15 is 0 Å². The van der Waals surface area contributed by atoms with Crippen molar-refractivity contribution >= 4 is 16.7 Å². The number of pyridine rings is 1. The minimum atomic E-state index is -1.15. The van der Waals surface area contributed by atoms with Crippen LogP contribution in [-0.4, -0.2) is 26.3 Å². The lowest BCUT2D eigenvalue weighted by molar-refractivity contribution is 0.0690. The minimum Gasteiger partial charge on any atom is -0.508 e. The normalized spacial score (nSPS) is 10.4. The molecule has 0 radical (unpaired) electrons. The fraction of sp³-hybridized carbons (Fsp3) is 0. The highest BCUT2D eigenvalue weighted by Crippen LogP contribution is 2.29. The van der Waals surface area contributed by atoms with Crippen molar-refractivity contribution in [3.05, 3.63) is 30.1 Å².